The second-order valence-corrected chi connectivity index (χ2v) is 9.67. The molecule has 9 heteroatoms. The predicted molar refractivity (Wildman–Crippen MR) is 148 cm³/mol. The van der Waals surface area contributed by atoms with E-state index in [1.54, 1.807) is 35.2 Å². The van der Waals surface area contributed by atoms with Crippen molar-refractivity contribution in [3.05, 3.63) is 104 Å². The van der Waals surface area contributed by atoms with E-state index in [-0.39, 0.29) is 11.5 Å². The summed E-state index contributed by atoms with van der Waals surface area (Å²) in [5.41, 5.74) is 10.5. The Kier molecular flexibility index (Phi) is 8.40. The molecule has 0 aliphatic carbocycles. The van der Waals surface area contributed by atoms with Gasteiger partial charge in [0.2, 0.25) is 0 Å². The van der Waals surface area contributed by atoms with Crippen molar-refractivity contribution in [2.24, 2.45) is 5.73 Å². The van der Waals surface area contributed by atoms with Crippen molar-refractivity contribution >= 4 is 50.0 Å². The number of hydrogen-bond acceptors (Lipinski definition) is 5. The van der Waals surface area contributed by atoms with Crippen LogP contribution in [-0.2, 0) is 0 Å². The number of benzene rings is 3. The van der Waals surface area contributed by atoms with Crippen LogP contribution in [0, 0.1) is 0 Å². The Morgan fingerprint density at radius 2 is 1.86 bits per heavy atom. The molecule has 0 aliphatic rings. The van der Waals surface area contributed by atoms with E-state index in [9.17, 15) is 9.59 Å². The Balaban J connectivity index is 1.89. The largest absolute Gasteiger partial charge is 0.330 e. The number of para-hydroxylation sites is 1. The summed E-state index contributed by atoms with van der Waals surface area (Å²) in [5, 5.41) is 0.905. The van der Waals surface area contributed by atoms with Crippen LogP contribution in [-0.4, -0.2) is 33.6 Å². The molecule has 36 heavy (non-hydrogen) atoms. The highest BCUT2D eigenvalue weighted by Crippen LogP contribution is 2.27. The fourth-order valence-corrected chi connectivity index (χ4v) is 4.54. The zero-order valence-electron chi connectivity index (χ0n) is 19.8. The summed E-state index contributed by atoms with van der Waals surface area (Å²) in [5.74, 6) is 0.262. The van der Waals surface area contributed by atoms with Gasteiger partial charge < -0.3 is 10.6 Å². The van der Waals surface area contributed by atoms with Crippen LogP contribution < -0.4 is 16.7 Å². The van der Waals surface area contributed by atoms with Crippen LogP contribution in [0.4, 0.5) is 5.69 Å². The molecule has 0 spiro atoms. The van der Waals surface area contributed by atoms with Gasteiger partial charge in [-0.15, -0.1) is 0 Å². The van der Waals surface area contributed by atoms with Crippen LogP contribution in [0.1, 0.15) is 42.0 Å². The summed E-state index contributed by atoms with van der Waals surface area (Å²) >= 11 is 9.66. The molecule has 7 nitrogen and oxygen atoms in total. The van der Waals surface area contributed by atoms with E-state index >= 15 is 0 Å². The van der Waals surface area contributed by atoms with Gasteiger partial charge in [-0.2, -0.15) is 0 Å². The van der Waals surface area contributed by atoms with Crippen molar-refractivity contribution in [1.82, 2.24) is 14.6 Å². The van der Waals surface area contributed by atoms with E-state index in [0.717, 1.165) is 10.2 Å². The van der Waals surface area contributed by atoms with Crippen molar-refractivity contribution in [3.8, 4) is 0 Å². The Labute approximate surface area is 223 Å². The Hall–Kier alpha value is -3.20. The van der Waals surface area contributed by atoms with Gasteiger partial charge in [0.15, 0.2) is 5.82 Å². The molecule has 0 saturated heterocycles. The monoisotopic (exact) mass is 567 g/mol. The number of halogens is 2. The van der Waals surface area contributed by atoms with Gasteiger partial charge in [0, 0.05) is 21.6 Å². The number of fused-ring (bicyclic) bond motifs is 1. The van der Waals surface area contributed by atoms with Gasteiger partial charge in [0.25, 0.3) is 11.5 Å². The molecule has 0 bridgehead atoms. The molecule has 0 fully saturated rings. The van der Waals surface area contributed by atoms with Gasteiger partial charge in [0.05, 0.1) is 22.6 Å². The number of anilines is 1. The summed E-state index contributed by atoms with van der Waals surface area (Å²) < 4.78 is 2.32. The van der Waals surface area contributed by atoms with Crippen LogP contribution in [0.25, 0.3) is 10.9 Å². The predicted octanol–water partition coefficient (Wildman–Crippen LogP) is 5.63. The maximum Gasteiger partial charge on any atom is 0.280 e. The average Bonchev–Trinajstić information content (AvgIpc) is 2.89. The van der Waals surface area contributed by atoms with Crippen LogP contribution >= 0.6 is 27.5 Å². The second kappa shape index (κ2) is 11.7. The number of aromatic nitrogens is 2. The molecule has 4 aromatic rings. The first-order valence-electron chi connectivity index (χ1n) is 11.7. The highest BCUT2D eigenvalue weighted by atomic mass is 79.9. The molecule has 0 saturated carbocycles. The lowest BCUT2D eigenvalue weighted by atomic mass is 10.1. The van der Waals surface area contributed by atoms with Gasteiger partial charge >= 0.3 is 0 Å². The maximum atomic E-state index is 13.7. The molecule has 1 heterocycles. The molecule has 1 atom stereocenters. The summed E-state index contributed by atoms with van der Waals surface area (Å²) in [4.78, 5) is 34.0. The van der Waals surface area contributed by atoms with Crippen LogP contribution in [0.2, 0.25) is 5.02 Å². The molecule has 0 aliphatic heterocycles. The zero-order chi connectivity index (χ0) is 25.7. The molecule has 0 radical (unpaired) electrons. The molecular formula is C27H27BrClN5O2. The fraction of sp³-hybridized carbons (Fsp3) is 0.222. The summed E-state index contributed by atoms with van der Waals surface area (Å²) in [7, 11) is 0. The summed E-state index contributed by atoms with van der Waals surface area (Å²) in [6, 6.07) is 21.1. The number of nitrogens with two attached hydrogens (primary N) is 1. The number of carbonyl (C=O) groups is 1. The van der Waals surface area contributed by atoms with E-state index in [1.807, 2.05) is 49.4 Å². The maximum absolute atomic E-state index is 13.7. The van der Waals surface area contributed by atoms with Crippen LogP contribution in [0.3, 0.4) is 0 Å². The fourth-order valence-electron chi connectivity index (χ4n) is 4.11. The first kappa shape index (κ1) is 25.9. The number of amides is 1. The van der Waals surface area contributed by atoms with Gasteiger partial charge in [-0.1, -0.05) is 52.7 Å². The van der Waals surface area contributed by atoms with Gasteiger partial charge in [-0.3, -0.25) is 15.0 Å². The first-order valence-corrected chi connectivity index (χ1v) is 12.9. The van der Waals surface area contributed by atoms with Gasteiger partial charge in [-0.25, -0.2) is 9.66 Å². The highest BCUT2D eigenvalue weighted by molar-refractivity contribution is 9.10. The third-order valence-corrected chi connectivity index (χ3v) is 6.65. The molecular weight excluding hydrogens is 542 g/mol. The minimum Gasteiger partial charge on any atom is -0.330 e. The Bertz CT molecular complexity index is 1410. The topological polar surface area (TPSA) is 93.2 Å². The number of nitrogens with one attached hydrogen (secondary N) is 1. The SMILES string of the molecule is CCC(c1nc2cc(Cl)ccc2c(=O)n1Nc1ccccc1)N(CCCN)C(=O)c1ccc(Br)cc1. The van der Waals surface area contributed by atoms with Crippen LogP contribution in [0.15, 0.2) is 82.1 Å². The molecule has 186 valence electrons. The van der Waals surface area contributed by atoms with Gasteiger partial charge in [0.1, 0.15) is 0 Å². The molecule has 1 unspecified atom stereocenters. The lowest BCUT2D eigenvalue weighted by molar-refractivity contribution is 0.0657. The molecule has 1 amide bonds. The van der Waals surface area contributed by atoms with E-state index < -0.39 is 6.04 Å². The summed E-state index contributed by atoms with van der Waals surface area (Å²) in [6.07, 6.45) is 1.14. The van der Waals surface area contributed by atoms with Crippen molar-refractivity contribution in [3.63, 3.8) is 0 Å². The van der Waals surface area contributed by atoms with Crippen molar-refractivity contribution < 1.29 is 4.79 Å². The van der Waals surface area contributed by atoms with Crippen LogP contribution in [0.5, 0.6) is 0 Å². The van der Waals surface area contributed by atoms with Crippen molar-refractivity contribution in [1.29, 1.82) is 0 Å². The summed E-state index contributed by atoms with van der Waals surface area (Å²) in [6.45, 7) is 2.81. The standard InChI is InChI=1S/C27H27BrClN5O2/c1-2-24(33(16-6-15-30)26(35)18-9-11-19(28)12-10-18)25-31-23-17-20(29)13-14-22(23)27(36)34(25)32-21-7-4-3-5-8-21/h3-5,7-14,17,24,32H,2,6,15-16,30H2,1H3. The van der Waals surface area contributed by atoms with Crippen molar-refractivity contribution in [2.75, 3.05) is 18.5 Å². The average molecular weight is 569 g/mol. The Morgan fingerprint density at radius 3 is 2.53 bits per heavy atom. The number of hydrogen-bond donors (Lipinski definition) is 2. The van der Waals surface area contributed by atoms with E-state index in [0.29, 0.717) is 53.2 Å². The minimum atomic E-state index is -0.500. The third-order valence-electron chi connectivity index (χ3n) is 5.89. The number of nitrogens with zero attached hydrogens (tertiary/aromatic N) is 3. The first-order chi connectivity index (χ1) is 17.4. The molecule has 4 rings (SSSR count). The highest BCUT2D eigenvalue weighted by Gasteiger charge is 2.29. The minimum absolute atomic E-state index is 0.158. The second-order valence-electron chi connectivity index (χ2n) is 8.32. The van der Waals surface area contributed by atoms with Gasteiger partial charge in [-0.05, 0) is 74.0 Å². The van der Waals surface area contributed by atoms with E-state index in [2.05, 4.69) is 21.4 Å². The smallest absolute Gasteiger partial charge is 0.280 e. The van der Waals surface area contributed by atoms with E-state index in [4.69, 9.17) is 22.3 Å². The third kappa shape index (κ3) is 5.61. The van der Waals surface area contributed by atoms with E-state index in [1.165, 1.54) is 4.68 Å². The van der Waals surface area contributed by atoms with Crippen molar-refractivity contribution in [2.45, 2.75) is 25.8 Å². The molecule has 1 aromatic heterocycles. The lowest BCUT2D eigenvalue weighted by Crippen LogP contribution is -2.41. The molecule has 3 aromatic carbocycles. The quantitative estimate of drug-likeness (QED) is 0.273. The normalized spacial score (nSPS) is 11.9. The zero-order valence-corrected chi connectivity index (χ0v) is 22.2. The number of rotatable bonds is 9. The molecule has 3 N–H and O–H groups in total. The lowest BCUT2D eigenvalue weighted by Gasteiger charge is -2.32. The number of carbonyl (C=O) groups excluding carboxylic acids is 1. The Morgan fingerprint density at radius 1 is 1.14 bits per heavy atom.